The van der Waals surface area contributed by atoms with E-state index in [-0.39, 0.29) is 12.2 Å². The summed E-state index contributed by atoms with van der Waals surface area (Å²) in [5.74, 6) is 0.504. The highest BCUT2D eigenvalue weighted by atomic mass is 35.5. The molecule has 1 amide bonds. The molecule has 0 saturated heterocycles. The van der Waals surface area contributed by atoms with Crippen molar-refractivity contribution in [3.8, 4) is 17.6 Å². The topological polar surface area (TPSA) is 71.3 Å². The van der Waals surface area contributed by atoms with Gasteiger partial charge in [0.2, 0.25) is 0 Å². The van der Waals surface area contributed by atoms with E-state index in [1.165, 1.54) is 6.08 Å². The van der Waals surface area contributed by atoms with E-state index in [2.05, 4.69) is 5.32 Å². The molecule has 7 heteroatoms. The fourth-order valence-corrected chi connectivity index (χ4v) is 3.51. The maximum Gasteiger partial charge on any atom is 0.266 e. The Hall–Kier alpha value is -3.46. The number of hydrogen-bond donors (Lipinski definition) is 1. The van der Waals surface area contributed by atoms with E-state index in [1.807, 2.05) is 38.1 Å². The molecule has 3 rings (SSSR count). The number of nitriles is 1. The summed E-state index contributed by atoms with van der Waals surface area (Å²) in [4.78, 5) is 12.8. The Morgan fingerprint density at radius 1 is 1.09 bits per heavy atom. The smallest absolute Gasteiger partial charge is 0.266 e. The third-order valence-corrected chi connectivity index (χ3v) is 5.51. The standard InChI is InChI=1S/C26H22Cl2N2O3/c1-16-4-5-17(2)24(10-16)30-26(31)20(14-29)11-18-7-9-22(32-3)13-25(18)33-15-19-6-8-21(27)12-23(19)28/h4-13H,15H2,1-3H3,(H,30,31)/b20-11+. The lowest BCUT2D eigenvalue weighted by atomic mass is 10.1. The number of halogens is 2. The summed E-state index contributed by atoms with van der Waals surface area (Å²) in [6, 6.07) is 18.0. The summed E-state index contributed by atoms with van der Waals surface area (Å²) in [5.41, 5.74) is 3.80. The minimum absolute atomic E-state index is 0.0598. The molecule has 0 heterocycles. The number of aryl methyl sites for hydroxylation is 2. The van der Waals surface area contributed by atoms with Crippen molar-refractivity contribution in [2.75, 3.05) is 12.4 Å². The molecule has 1 N–H and O–H groups in total. The zero-order valence-corrected chi connectivity index (χ0v) is 19.9. The maximum atomic E-state index is 12.8. The largest absolute Gasteiger partial charge is 0.497 e. The summed E-state index contributed by atoms with van der Waals surface area (Å²) in [6.07, 6.45) is 1.48. The Morgan fingerprint density at radius 2 is 1.88 bits per heavy atom. The van der Waals surface area contributed by atoms with Crippen LogP contribution in [0.5, 0.6) is 11.5 Å². The van der Waals surface area contributed by atoms with Crippen LogP contribution in [0.15, 0.2) is 60.2 Å². The molecule has 3 aromatic rings. The van der Waals surface area contributed by atoms with E-state index in [9.17, 15) is 10.1 Å². The van der Waals surface area contributed by atoms with Crippen LogP contribution in [-0.2, 0) is 11.4 Å². The first-order valence-corrected chi connectivity index (χ1v) is 10.8. The molecule has 0 aromatic heterocycles. The van der Waals surface area contributed by atoms with E-state index < -0.39 is 5.91 Å². The van der Waals surface area contributed by atoms with Gasteiger partial charge in [0.1, 0.15) is 29.7 Å². The third kappa shape index (κ3) is 6.29. The Kier molecular flexibility index (Phi) is 8.00. The van der Waals surface area contributed by atoms with Crippen molar-refractivity contribution in [1.82, 2.24) is 0 Å². The first-order valence-electron chi connectivity index (χ1n) is 10.1. The molecule has 0 atom stereocenters. The maximum absolute atomic E-state index is 12.8. The molecule has 3 aromatic carbocycles. The number of hydrogen-bond acceptors (Lipinski definition) is 4. The summed E-state index contributed by atoms with van der Waals surface area (Å²) in [7, 11) is 1.54. The molecule has 0 saturated carbocycles. The number of nitrogens with zero attached hydrogens (tertiary/aromatic N) is 1. The van der Waals surface area contributed by atoms with Crippen LogP contribution in [0.4, 0.5) is 5.69 Å². The van der Waals surface area contributed by atoms with Crippen LogP contribution in [0, 0.1) is 25.2 Å². The molecule has 0 spiro atoms. The quantitative estimate of drug-likeness (QED) is 0.300. The van der Waals surface area contributed by atoms with Gasteiger partial charge in [-0.25, -0.2) is 0 Å². The summed E-state index contributed by atoms with van der Waals surface area (Å²) < 4.78 is 11.3. The highest BCUT2D eigenvalue weighted by Crippen LogP contribution is 2.29. The minimum Gasteiger partial charge on any atom is -0.497 e. The van der Waals surface area contributed by atoms with Crippen molar-refractivity contribution in [2.45, 2.75) is 20.5 Å². The van der Waals surface area contributed by atoms with Crippen molar-refractivity contribution >= 4 is 40.9 Å². The van der Waals surface area contributed by atoms with Crippen molar-refractivity contribution in [3.63, 3.8) is 0 Å². The van der Waals surface area contributed by atoms with Crippen LogP contribution in [0.25, 0.3) is 6.08 Å². The van der Waals surface area contributed by atoms with Gasteiger partial charge in [-0.05, 0) is 61.4 Å². The molecule has 0 unspecified atom stereocenters. The zero-order valence-electron chi connectivity index (χ0n) is 18.4. The van der Waals surface area contributed by atoms with Crippen molar-refractivity contribution < 1.29 is 14.3 Å². The van der Waals surface area contributed by atoms with Crippen LogP contribution >= 0.6 is 23.2 Å². The van der Waals surface area contributed by atoms with Gasteiger partial charge in [0.05, 0.1) is 7.11 Å². The molecule has 5 nitrogen and oxygen atoms in total. The number of benzene rings is 3. The van der Waals surface area contributed by atoms with Gasteiger partial charge >= 0.3 is 0 Å². The van der Waals surface area contributed by atoms with Crippen LogP contribution in [0.1, 0.15) is 22.3 Å². The molecule has 0 radical (unpaired) electrons. The van der Waals surface area contributed by atoms with Gasteiger partial charge in [0.15, 0.2) is 0 Å². The van der Waals surface area contributed by atoms with Gasteiger partial charge in [-0.3, -0.25) is 4.79 Å². The monoisotopic (exact) mass is 480 g/mol. The number of nitrogens with one attached hydrogen (secondary N) is 1. The summed E-state index contributed by atoms with van der Waals surface area (Å²) >= 11 is 12.2. The lowest BCUT2D eigenvalue weighted by Crippen LogP contribution is -2.14. The fourth-order valence-electron chi connectivity index (χ4n) is 3.04. The Bertz CT molecular complexity index is 1260. The first kappa shape index (κ1) is 24.2. The first-order chi connectivity index (χ1) is 15.8. The van der Waals surface area contributed by atoms with Gasteiger partial charge in [-0.15, -0.1) is 0 Å². The van der Waals surface area contributed by atoms with E-state index in [4.69, 9.17) is 32.7 Å². The second-order valence-corrected chi connectivity index (χ2v) is 8.21. The van der Waals surface area contributed by atoms with Gasteiger partial charge in [-0.1, -0.05) is 41.4 Å². The second-order valence-electron chi connectivity index (χ2n) is 7.37. The molecule has 0 aliphatic carbocycles. The number of anilines is 1. The van der Waals surface area contributed by atoms with Gasteiger partial charge < -0.3 is 14.8 Å². The van der Waals surface area contributed by atoms with E-state index >= 15 is 0 Å². The van der Waals surface area contributed by atoms with Crippen LogP contribution in [-0.4, -0.2) is 13.0 Å². The molecule has 0 bridgehead atoms. The van der Waals surface area contributed by atoms with E-state index in [0.29, 0.717) is 32.8 Å². The number of methoxy groups -OCH3 is 1. The van der Waals surface area contributed by atoms with Crippen LogP contribution < -0.4 is 14.8 Å². The van der Waals surface area contributed by atoms with Crippen LogP contribution in [0.2, 0.25) is 10.0 Å². The van der Waals surface area contributed by atoms with Crippen molar-refractivity contribution in [1.29, 1.82) is 5.26 Å². The van der Waals surface area contributed by atoms with E-state index in [1.54, 1.807) is 43.5 Å². The van der Waals surface area contributed by atoms with Gasteiger partial charge in [0, 0.05) is 32.9 Å². The molecular weight excluding hydrogens is 459 g/mol. The predicted molar refractivity (Wildman–Crippen MR) is 132 cm³/mol. The zero-order chi connectivity index (χ0) is 24.0. The van der Waals surface area contributed by atoms with Gasteiger partial charge in [-0.2, -0.15) is 5.26 Å². The Labute approximate surface area is 203 Å². The fraction of sp³-hybridized carbons (Fsp3) is 0.154. The predicted octanol–water partition coefficient (Wildman–Crippen LogP) is 6.74. The van der Waals surface area contributed by atoms with Crippen molar-refractivity contribution in [2.24, 2.45) is 0 Å². The molecular formula is C26H22Cl2N2O3. The van der Waals surface area contributed by atoms with Crippen molar-refractivity contribution in [3.05, 3.63) is 92.5 Å². The molecule has 33 heavy (non-hydrogen) atoms. The number of rotatable bonds is 7. The minimum atomic E-state index is -0.506. The Balaban J connectivity index is 1.89. The lowest BCUT2D eigenvalue weighted by Gasteiger charge is -2.13. The van der Waals surface area contributed by atoms with Gasteiger partial charge in [0.25, 0.3) is 5.91 Å². The number of amides is 1. The highest BCUT2D eigenvalue weighted by Gasteiger charge is 2.14. The average Bonchev–Trinajstić information content (AvgIpc) is 2.79. The van der Waals surface area contributed by atoms with Crippen LogP contribution in [0.3, 0.4) is 0 Å². The molecule has 0 fully saturated rings. The number of carbonyl (C=O) groups excluding carboxylic acids is 1. The molecule has 0 aliphatic rings. The molecule has 0 aliphatic heterocycles. The number of carbonyl (C=O) groups is 1. The summed E-state index contributed by atoms with van der Waals surface area (Å²) in [5, 5.41) is 13.5. The lowest BCUT2D eigenvalue weighted by molar-refractivity contribution is -0.112. The second kappa shape index (κ2) is 10.9. The Morgan fingerprint density at radius 3 is 2.58 bits per heavy atom. The molecule has 168 valence electrons. The SMILES string of the molecule is COc1ccc(/C=C(\C#N)C(=O)Nc2cc(C)ccc2C)c(OCc2ccc(Cl)cc2Cl)c1. The normalized spacial score (nSPS) is 11.0. The van der Waals surface area contributed by atoms with E-state index in [0.717, 1.165) is 16.7 Å². The highest BCUT2D eigenvalue weighted by molar-refractivity contribution is 6.35. The summed E-state index contributed by atoms with van der Waals surface area (Å²) in [6.45, 7) is 3.99. The third-order valence-electron chi connectivity index (χ3n) is 4.93. The average molecular weight is 481 g/mol. The number of ether oxygens (including phenoxy) is 2.